The summed E-state index contributed by atoms with van der Waals surface area (Å²) in [5.41, 5.74) is 1.47. The highest BCUT2D eigenvalue weighted by molar-refractivity contribution is 7.89. The Labute approximate surface area is 157 Å². The highest BCUT2D eigenvalue weighted by Gasteiger charge is 2.28. The molecule has 0 bridgehead atoms. The topological polar surface area (TPSA) is 84.5 Å². The van der Waals surface area contributed by atoms with Gasteiger partial charge in [0.05, 0.1) is 22.6 Å². The number of amides is 1. The minimum Gasteiger partial charge on any atom is -0.495 e. The highest BCUT2D eigenvalue weighted by atomic mass is 32.2. The fourth-order valence-corrected chi connectivity index (χ4v) is 4.95. The van der Waals surface area contributed by atoms with E-state index in [0.29, 0.717) is 16.3 Å². The summed E-state index contributed by atoms with van der Waals surface area (Å²) in [7, 11) is -2.13. The van der Waals surface area contributed by atoms with Gasteiger partial charge in [0.25, 0.3) is 5.91 Å². The second-order valence-electron chi connectivity index (χ2n) is 6.26. The van der Waals surface area contributed by atoms with Crippen LogP contribution in [0.1, 0.15) is 39.9 Å². The summed E-state index contributed by atoms with van der Waals surface area (Å²) < 4.78 is 32.7. The Morgan fingerprint density at radius 1 is 1.31 bits per heavy atom. The molecule has 6 nitrogen and oxygen atoms in total. The number of hydrogen-bond acceptors (Lipinski definition) is 5. The summed E-state index contributed by atoms with van der Waals surface area (Å²) >= 11 is 1.42. The number of rotatable bonds is 7. The molecular weight excluding hydrogens is 372 g/mol. The second kappa shape index (κ2) is 7.38. The third kappa shape index (κ3) is 4.08. The number of hydrogen-bond donors (Lipinski definition) is 2. The first-order valence-corrected chi connectivity index (χ1v) is 10.7. The van der Waals surface area contributed by atoms with Crippen molar-refractivity contribution in [2.24, 2.45) is 0 Å². The molecule has 0 aliphatic heterocycles. The predicted molar refractivity (Wildman–Crippen MR) is 103 cm³/mol. The fourth-order valence-electron chi connectivity index (χ4n) is 2.61. The lowest BCUT2D eigenvalue weighted by Gasteiger charge is -2.12. The zero-order chi connectivity index (χ0) is 18.9. The quantitative estimate of drug-likeness (QED) is 0.754. The van der Waals surface area contributed by atoms with Crippen LogP contribution < -0.4 is 14.8 Å². The van der Waals surface area contributed by atoms with Gasteiger partial charge in [-0.1, -0.05) is 6.92 Å². The molecule has 1 aliphatic rings. The maximum Gasteiger partial charge on any atom is 0.265 e. The number of carbonyl (C=O) groups excluding carboxylic acids is 1. The van der Waals surface area contributed by atoms with Crippen LogP contribution in [0.15, 0.2) is 29.2 Å². The van der Waals surface area contributed by atoms with Crippen molar-refractivity contribution in [1.82, 2.24) is 4.72 Å². The van der Waals surface area contributed by atoms with Crippen LogP contribution in [0, 0.1) is 6.92 Å². The number of aryl methyl sites for hydroxylation is 2. The number of methoxy groups -OCH3 is 1. The first kappa shape index (κ1) is 18.9. The molecule has 1 fully saturated rings. The van der Waals surface area contributed by atoms with Crippen molar-refractivity contribution >= 4 is 33.0 Å². The SMILES string of the molecule is CCc1cc(C(=O)Nc2cc(S(=O)(=O)NC3CC3)ccc2OC)sc1C. The van der Waals surface area contributed by atoms with Gasteiger partial charge in [-0.25, -0.2) is 13.1 Å². The van der Waals surface area contributed by atoms with Crippen LogP contribution in [0.25, 0.3) is 0 Å². The van der Waals surface area contributed by atoms with Gasteiger partial charge in [0.1, 0.15) is 5.75 Å². The van der Waals surface area contributed by atoms with Crippen molar-refractivity contribution in [2.45, 2.75) is 44.0 Å². The Morgan fingerprint density at radius 3 is 2.62 bits per heavy atom. The fraction of sp³-hybridized carbons (Fsp3) is 0.389. The van der Waals surface area contributed by atoms with Crippen LogP contribution >= 0.6 is 11.3 Å². The lowest BCUT2D eigenvalue weighted by molar-refractivity contribution is 0.103. The van der Waals surface area contributed by atoms with Gasteiger partial charge in [0.15, 0.2) is 0 Å². The zero-order valence-corrected chi connectivity index (χ0v) is 16.6. The van der Waals surface area contributed by atoms with Crippen molar-refractivity contribution in [1.29, 1.82) is 0 Å². The number of sulfonamides is 1. The Bertz CT molecular complexity index is 931. The minimum absolute atomic E-state index is 0.0155. The van der Waals surface area contributed by atoms with Crippen molar-refractivity contribution < 1.29 is 17.9 Å². The van der Waals surface area contributed by atoms with E-state index in [9.17, 15) is 13.2 Å². The molecule has 1 saturated carbocycles. The molecule has 8 heteroatoms. The van der Waals surface area contributed by atoms with Crippen LogP contribution in [0.5, 0.6) is 5.75 Å². The van der Waals surface area contributed by atoms with Gasteiger partial charge in [-0.05, 0) is 56.0 Å². The van der Waals surface area contributed by atoms with E-state index in [-0.39, 0.29) is 16.8 Å². The summed E-state index contributed by atoms with van der Waals surface area (Å²) in [5, 5.41) is 2.78. The molecular formula is C18H22N2O4S2. The lowest BCUT2D eigenvalue weighted by Crippen LogP contribution is -2.25. The van der Waals surface area contributed by atoms with Crippen LogP contribution in [-0.2, 0) is 16.4 Å². The van der Waals surface area contributed by atoms with Crippen molar-refractivity contribution in [3.05, 3.63) is 39.6 Å². The highest BCUT2D eigenvalue weighted by Crippen LogP contribution is 2.30. The van der Waals surface area contributed by atoms with Crippen LogP contribution in [0.4, 0.5) is 5.69 Å². The Morgan fingerprint density at radius 2 is 2.04 bits per heavy atom. The average molecular weight is 395 g/mol. The molecule has 1 aliphatic carbocycles. The third-order valence-corrected chi connectivity index (χ3v) is 6.86. The maximum absolute atomic E-state index is 12.6. The molecule has 1 heterocycles. The van der Waals surface area contributed by atoms with Gasteiger partial charge < -0.3 is 10.1 Å². The maximum atomic E-state index is 12.6. The number of carbonyl (C=O) groups is 1. The van der Waals surface area contributed by atoms with Crippen LogP contribution in [0.2, 0.25) is 0 Å². The number of ether oxygens (including phenoxy) is 1. The predicted octanol–water partition coefficient (Wildman–Crippen LogP) is 3.32. The van der Waals surface area contributed by atoms with Gasteiger partial charge >= 0.3 is 0 Å². The number of anilines is 1. The van der Waals surface area contributed by atoms with E-state index in [2.05, 4.69) is 10.0 Å². The van der Waals surface area contributed by atoms with Crippen LogP contribution in [0.3, 0.4) is 0 Å². The molecule has 0 radical (unpaired) electrons. The average Bonchev–Trinajstić information content (AvgIpc) is 3.32. The van der Waals surface area contributed by atoms with Gasteiger partial charge in [-0.2, -0.15) is 0 Å². The van der Waals surface area contributed by atoms with E-state index in [0.717, 1.165) is 29.7 Å². The summed E-state index contributed by atoms with van der Waals surface area (Å²) in [4.78, 5) is 14.4. The molecule has 0 spiro atoms. The largest absolute Gasteiger partial charge is 0.495 e. The van der Waals surface area contributed by atoms with Gasteiger partial charge in [-0.15, -0.1) is 11.3 Å². The number of benzene rings is 1. The monoisotopic (exact) mass is 394 g/mol. The summed E-state index contributed by atoms with van der Waals surface area (Å²) in [6.45, 7) is 4.03. The zero-order valence-electron chi connectivity index (χ0n) is 15.0. The van der Waals surface area contributed by atoms with E-state index >= 15 is 0 Å². The molecule has 26 heavy (non-hydrogen) atoms. The Kier molecular flexibility index (Phi) is 5.36. The van der Waals surface area contributed by atoms with E-state index < -0.39 is 10.0 Å². The molecule has 1 aromatic carbocycles. The standard InChI is InChI=1S/C18H22N2O4S2/c1-4-12-9-17(25-11(12)2)18(21)19-15-10-14(7-8-16(15)24-3)26(22,23)20-13-5-6-13/h7-10,13,20H,4-6H2,1-3H3,(H,19,21). The molecule has 1 amide bonds. The molecule has 0 atom stereocenters. The second-order valence-corrected chi connectivity index (χ2v) is 9.23. The minimum atomic E-state index is -3.61. The first-order valence-electron chi connectivity index (χ1n) is 8.45. The summed E-state index contributed by atoms with van der Waals surface area (Å²) in [5.74, 6) is 0.133. The summed E-state index contributed by atoms with van der Waals surface area (Å²) in [6.07, 6.45) is 2.58. The molecule has 2 aromatic rings. The van der Waals surface area contributed by atoms with E-state index in [1.165, 1.54) is 30.6 Å². The van der Waals surface area contributed by atoms with E-state index in [4.69, 9.17) is 4.74 Å². The third-order valence-electron chi connectivity index (χ3n) is 4.25. The summed E-state index contributed by atoms with van der Waals surface area (Å²) in [6, 6.07) is 6.35. The van der Waals surface area contributed by atoms with Gasteiger partial charge in [-0.3, -0.25) is 4.79 Å². The number of nitrogens with one attached hydrogen (secondary N) is 2. The number of thiophene rings is 1. The van der Waals surface area contributed by atoms with Gasteiger partial charge in [0, 0.05) is 10.9 Å². The Balaban J connectivity index is 1.87. The molecule has 0 saturated heterocycles. The van der Waals surface area contributed by atoms with Gasteiger partial charge in [0.2, 0.25) is 10.0 Å². The van der Waals surface area contributed by atoms with E-state index in [1.54, 1.807) is 6.07 Å². The Hall–Kier alpha value is -1.90. The molecule has 140 valence electrons. The molecule has 2 N–H and O–H groups in total. The lowest BCUT2D eigenvalue weighted by atomic mass is 10.2. The van der Waals surface area contributed by atoms with Crippen molar-refractivity contribution in [3.63, 3.8) is 0 Å². The van der Waals surface area contributed by atoms with Crippen molar-refractivity contribution in [2.75, 3.05) is 12.4 Å². The van der Waals surface area contributed by atoms with Crippen molar-refractivity contribution in [3.8, 4) is 5.75 Å². The smallest absolute Gasteiger partial charge is 0.265 e. The first-order chi connectivity index (χ1) is 12.3. The molecule has 0 unspecified atom stereocenters. The van der Waals surface area contributed by atoms with E-state index in [1.807, 2.05) is 19.9 Å². The molecule has 3 rings (SSSR count). The van der Waals surface area contributed by atoms with Crippen LogP contribution in [-0.4, -0.2) is 27.5 Å². The molecule has 1 aromatic heterocycles. The normalized spacial score (nSPS) is 14.3.